The highest BCUT2D eigenvalue weighted by Crippen LogP contribution is 2.34. The zero-order valence-corrected chi connectivity index (χ0v) is 23.1. The van der Waals surface area contributed by atoms with E-state index in [9.17, 15) is 4.79 Å². The van der Waals surface area contributed by atoms with Crippen molar-refractivity contribution in [3.63, 3.8) is 0 Å². The van der Waals surface area contributed by atoms with Gasteiger partial charge in [-0.15, -0.1) is 5.10 Å². The molecule has 0 spiro atoms. The molecule has 8 nitrogen and oxygen atoms in total. The standard InChI is InChI=1S/C32H35N7O/c1-22-16-23(2)29-26(17-22)18-28(32(40)34-29)30(31-35-36-37-39(31)27-13-7-4-8-14-27)38(20-24-10-5-3-6-11-24)21-25-12-9-15-33-19-25/h3,5-6,9-12,15-19,27,30H,4,7-8,13-14,20-21H2,1-2H3,(H,34,40). The minimum Gasteiger partial charge on any atom is -0.321 e. The number of tetrazole rings is 1. The van der Waals surface area contributed by atoms with Crippen molar-refractivity contribution in [1.29, 1.82) is 0 Å². The van der Waals surface area contributed by atoms with Crippen LogP contribution < -0.4 is 5.56 Å². The summed E-state index contributed by atoms with van der Waals surface area (Å²) in [5, 5.41) is 14.3. The minimum atomic E-state index is -0.466. The van der Waals surface area contributed by atoms with Crippen molar-refractivity contribution in [2.45, 2.75) is 71.1 Å². The zero-order chi connectivity index (χ0) is 27.5. The molecule has 0 bridgehead atoms. The second-order valence-electron chi connectivity index (χ2n) is 11.0. The summed E-state index contributed by atoms with van der Waals surface area (Å²) in [6.07, 6.45) is 9.31. The van der Waals surface area contributed by atoms with E-state index >= 15 is 0 Å². The normalized spacial score (nSPS) is 15.1. The molecule has 8 heteroatoms. The number of aromatic nitrogens is 6. The third-order valence-corrected chi connectivity index (χ3v) is 8.00. The van der Waals surface area contributed by atoms with Gasteiger partial charge in [-0.25, -0.2) is 4.68 Å². The van der Waals surface area contributed by atoms with Gasteiger partial charge in [-0.2, -0.15) is 0 Å². The summed E-state index contributed by atoms with van der Waals surface area (Å²) in [4.78, 5) is 23.8. The summed E-state index contributed by atoms with van der Waals surface area (Å²) in [5.41, 5.74) is 5.81. The number of rotatable bonds is 8. The highest BCUT2D eigenvalue weighted by molar-refractivity contribution is 5.83. The van der Waals surface area contributed by atoms with Crippen LogP contribution in [-0.4, -0.2) is 35.1 Å². The molecule has 1 aliphatic rings. The van der Waals surface area contributed by atoms with Crippen LogP contribution in [0.3, 0.4) is 0 Å². The van der Waals surface area contributed by atoms with Crippen molar-refractivity contribution in [3.8, 4) is 0 Å². The summed E-state index contributed by atoms with van der Waals surface area (Å²) in [7, 11) is 0. The summed E-state index contributed by atoms with van der Waals surface area (Å²) in [6, 6.07) is 20.4. The molecule has 0 saturated heterocycles. The maximum Gasteiger partial charge on any atom is 0.253 e. The van der Waals surface area contributed by atoms with Gasteiger partial charge in [0.25, 0.3) is 5.56 Å². The Morgan fingerprint density at radius 1 is 0.975 bits per heavy atom. The van der Waals surface area contributed by atoms with Crippen molar-refractivity contribution in [2.75, 3.05) is 0 Å². The van der Waals surface area contributed by atoms with E-state index in [2.05, 4.69) is 67.6 Å². The molecule has 0 amide bonds. The number of hydrogen-bond acceptors (Lipinski definition) is 6. The number of aromatic amines is 1. The smallest absolute Gasteiger partial charge is 0.253 e. The van der Waals surface area contributed by atoms with E-state index in [4.69, 9.17) is 0 Å². The van der Waals surface area contributed by atoms with Gasteiger partial charge in [0.2, 0.25) is 0 Å². The zero-order valence-electron chi connectivity index (χ0n) is 23.1. The lowest BCUT2D eigenvalue weighted by Crippen LogP contribution is -2.35. The molecule has 40 heavy (non-hydrogen) atoms. The predicted molar refractivity (Wildman–Crippen MR) is 156 cm³/mol. The molecule has 3 heterocycles. The molecule has 5 aromatic rings. The van der Waals surface area contributed by atoms with Crippen LogP contribution in [0.4, 0.5) is 0 Å². The van der Waals surface area contributed by atoms with Gasteiger partial charge in [0.05, 0.1) is 11.6 Å². The maximum atomic E-state index is 13.9. The van der Waals surface area contributed by atoms with Gasteiger partial charge < -0.3 is 4.98 Å². The Kier molecular flexibility index (Phi) is 7.51. The van der Waals surface area contributed by atoms with Crippen LogP contribution in [-0.2, 0) is 13.1 Å². The van der Waals surface area contributed by atoms with Gasteiger partial charge in [0.15, 0.2) is 5.82 Å². The first-order valence-electron chi connectivity index (χ1n) is 14.2. The number of pyridine rings is 2. The van der Waals surface area contributed by atoms with Crippen LogP contribution in [0.5, 0.6) is 0 Å². The maximum absolute atomic E-state index is 13.9. The fraction of sp³-hybridized carbons (Fsp3) is 0.344. The summed E-state index contributed by atoms with van der Waals surface area (Å²) >= 11 is 0. The van der Waals surface area contributed by atoms with E-state index in [1.54, 1.807) is 6.20 Å². The second-order valence-corrected chi connectivity index (χ2v) is 11.0. The number of H-pyrrole nitrogens is 1. The molecule has 6 rings (SSSR count). The lowest BCUT2D eigenvalue weighted by molar-refractivity contribution is 0.186. The number of hydrogen-bond donors (Lipinski definition) is 1. The molecular formula is C32H35N7O. The minimum absolute atomic E-state index is 0.119. The number of nitrogens with zero attached hydrogens (tertiary/aromatic N) is 6. The summed E-state index contributed by atoms with van der Waals surface area (Å²) in [5.74, 6) is 0.709. The van der Waals surface area contributed by atoms with Crippen molar-refractivity contribution < 1.29 is 0 Å². The predicted octanol–water partition coefficient (Wildman–Crippen LogP) is 5.82. The molecule has 1 fully saturated rings. The van der Waals surface area contributed by atoms with E-state index in [-0.39, 0.29) is 11.6 Å². The van der Waals surface area contributed by atoms with E-state index in [1.807, 2.05) is 48.1 Å². The average Bonchev–Trinajstić information content (AvgIpc) is 3.45. The highest BCUT2D eigenvalue weighted by Gasteiger charge is 2.33. The number of benzene rings is 2. The number of nitrogens with one attached hydrogen (secondary N) is 1. The Balaban J connectivity index is 1.55. The monoisotopic (exact) mass is 533 g/mol. The molecule has 0 aliphatic heterocycles. The van der Waals surface area contributed by atoms with Crippen molar-refractivity contribution in [2.24, 2.45) is 0 Å². The Hall–Kier alpha value is -4.17. The fourth-order valence-electron chi connectivity index (χ4n) is 6.15. The number of aryl methyl sites for hydroxylation is 2. The Morgan fingerprint density at radius 2 is 1.75 bits per heavy atom. The SMILES string of the molecule is Cc1cc(C)c2[nH]c(=O)c(C(c3nnnn3C3CCCCC3)N(Cc3ccccc3)Cc3cccnc3)cc2c1. The van der Waals surface area contributed by atoms with Crippen LogP contribution in [0.15, 0.2) is 77.9 Å². The average molecular weight is 534 g/mol. The third-order valence-electron chi connectivity index (χ3n) is 8.00. The van der Waals surface area contributed by atoms with Gasteiger partial charge in [-0.1, -0.05) is 67.3 Å². The van der Waals surface area contributed by atoms with E-state index in [1.165, 1.54) is 6.42 Å². The van der Waals surface area contributed by atoms with Gasteiger partial charge in [0, 0.05) is 31.0 Å². The van der Waals surface area contributed by atoms with Crippen LogP contribution in [0.1, 0.15) is 77.8 Å². The van der Waals surface area contributed by atoms with Gasteiger partial charge >= 0.3 is 0 Å². The Labute approximate surface area is 234 Å². The van der Waals surface area contributed by atoms with Crippen molar-refractivity contribution in [3.05, 3.63) is 117 Å². The molecule has 1 saturated carbocycles. The topological polar surface area (TPSA) is 92.6 Å². The molecule has 0 radical (unpaired) electrons. The first-order valence-corrected chi connectivity index (χ1v) is 14.2. The molecule has 3 aromatic heterocycles. The first kappa shape index (κ1) is 26.1. The van der Waals surface area contributed by atoms with Crippen LogP contribution in [0, 0.1) is 13.8 Å². The molecule has 1 unspecified atom stereocenters. The first-order chi connectivity index (χ1) is 19.6. The lowest BCUT2D eigenvalue weighted by Gasteiger charge is -2.32. The van der Waals surface area contributed by atoms with Crippen molar-refractivity contribution >= 4 is 10.9 Å². The van der Waals surface area contributed by atoms with E-state index < -0.39 is 6.04 Å². The third kappa shape index (κ3) is 5.45. The highest BCUT2D eigenvalue weighted by atomic mass is 16.1. The van der Waals surface area contributed by atoms with E-state index in [0.29, 0.717) is 24.5 Å². The van der Waals surface area contributed by atoms with Crippen LogP contribution in [0.2, 0.25) is 0 Å². The molecule has 204 valence electrons. The summed E-state index contributed by atoms with van der Waals surface area (Å²) in [6.45, 7) is 5.32. The quantitative estimate of drug-likeness (QED) is 0.270. The number of fused-ring (bicyclic) bond motifs is 1. The largest absolute Gasteiger partial charge is 0.321 e. The molecule has 2 aromatic carbocycles. The van der Waals surface area contributed by atoms with Crippen LogP contribution >= 0.6 is 0 Å². The molecule has 1 N–H and O–H groups in total. The summed E-state index contributed by atoms with van der Waals surface area (Å²) < 4.78 is 2.00. The van der Waals surface area contributed by atoms with E-state index in [0.717, 1.165) is 58.8 Å². The molecule has 1 aliphatic carbocycles. The lowest BCUT2D eigenvalue weighted by atomic mass is 9.94. The van der Waals surface area contributed by atoms with Crippen molar-refractivity contribution in [1.82, 2.24) is 35.1 Å². The fourth-order valence-corrected chi connectivity index (χ4v) is 6.15. The molecular weight excluding hydrogens is 498 g/mol. The van der Waals surface area contributed by atoms with Crippen LogP contribution in [0.25, 0.3) is 10.9 Å². The molecule has 1 atom stereocenters. The Morgan fingerprint density at radius 3 is 2.52 bits per heavy atom. The van der Waals surface area contributed by atoms with Gasteiger partial charge in [0.1, 0.15) is 6.04 Å². The van der Waals surface area contributed by atoms with Gasteiger partial charge in [-0.05, 0) is 77.4 Å². The Bertz CT molecular complexity index is 1600. The second kappa shape index (κ2) is 11.5. The van der Waals surface area contributed by atoms with Gasteiger partial charge in [-0.3, -0.25) is 14.7 Å².